The molecule has 0 radical (unpaired) electrons. The first-order valence-corrected chi connectivity index (χ1v) is 16.0. The predicted molar refractivity (Wildman–Crippen MR) is 128 cm³/mol. The fraction of sp³-hybridized carbons (Fsp3) is 0.692. The molecule has 1 aromatic rings. The van der Waals surface area contributed by atoms with Crippen molar-refractivity contribution in [2.75, 3.05) is 6.26 Å². The zero-order valence-electron chi connectivity index (χ0n) is 19.9. The van der Waals surface area contributed by atoms with Crippen LogP contribution in [0.5, 0.6) is 0 Å². The first-order chi connectivity index (χ1) is 15.3. The Hall–Kier alpha value is -0.498. The van der Waals surface area contributed by atoms with Gasteiger partial charge in [0.25, 0.3) is 0 Å². The molecule has 1 saturated carbocycles. The van der Waals surface area contributed by atoms with Crippen molar-refractivity contribution in [2.24, 2.45) is 23.7 Å². The molecular weight excluding hydrogens is 435 g/mol. The fourth-order valence-electron chi connectivity index (χ4n) is 6.54. The molecule has 6 heteroatoms. The van der Waals surface area contributed by atoms with Crippen molar-refractivity contribution in [1.29, 1.82) is 0 Å². The minimum Gasteiger partial charge on any atom is -0.347 e. The van der Waals surface area contributed by atoms with Crippen LogP contribution in [0.2, 0.25) is 11.1 Å². The molecule has 4 heterocycles. The van der Waals surface area contributed by atoms with E-state index in [1.807, 2.05) is 6.92 Å². The van der Waals surface area contributed by atoms with Crippen LogP contribution in [0.25, 0.3) is 0 Å². The molecule has 1 spiro atoms. The first kappa shape index (κ1) is 23.3. The Morgan fingerprint density at radius 3 is 2.62 bits per heavy atom. The molecule has 2 bridgehead atoms. The van der Waals surface area contributed by atoms with Crippen LogP contribution in [0.4, 0.5) is 0 Å². The third-order valence-corrected chi connectivity index (χ3v) is 11.0. The molecule has 0 aromatic heterocycles. The highest BCUT2D eigenvalue weighted by molar-refractivity contribution is 7.98. The molecule has 1 aromatic carbocycles. The number of thioether (sulfide) groups is 1. The summed E-state index contributed by atoms with van der Waals surface area (Å²) < 4.78 is 13.2. The number of benzene rings is 1. The van der Waals surface area contributed by atoms with E-state index >= 15 is 0 Å². The maximum Gasteiger partial charge on any atom is 0.376 e. The van der Waals surface area contributed by atoms with Crippen molar-refractivity contribution < 1.29 is 19.2 Å². The molecule has 32 heavy (non-hydrogen) atoms. The van der Waals surface area contributed by atoms with Crippen molar-refractivity contribution in [2.45, 2.75) is 86.2 Å². The quantitative estimate of drug-likeness (QED) is 0.246. The Kier molecular flexibility index (Phi) is 6.49. The summed E-state index contributed by atoms with van der Waals surface area (Å²) in [5.41, 5.74) is 0.643. The van der Waals surface area contributed by atoms with Gasteiger partial charge >= 0.3 is 14.1 Å². The van der Waals surface area contributed by atoms with Crippen molar-refractivity contribution in [3.05, 3.63) is 29.8 Å². The molecule has 6 rings (SSSR count). The highest BCUT2D eigenvalue weighted by atomic mass is 32.2. The fourth-order valence-corrected chi connectivity index (χ4v) is 8.71. The molecule has 172 valence electrons. The summed E-state index contributed by atoms with van der Waals surface area (Å²) in [6, 6.07) is 8.55. The summed E-state index contributed by atoms with van der Waals surface area (Å²) in [6.45, 7) is 6.72. The summed E-state index contributed by atoms with van der Waals surface area (Å²) in [7, 11) is 0. The van der Waals surface area contributed by atoms with Gasteiger partial charge in [-0.05, 0) is 74.5 Å². The number of hydrogen-bond acceptors (Lipinski definition) is 5. The minimum absolute atomic E-state index is 0.172. The molecule has 4 aliphatic heterocycles. The third-order valence-electron chi connectivity index (χ3n) is 8.43. The lowest BCUT2D eigenvalue weighted by Crippen LogP contribution is -2.70. The van der Waals surface area contributed by atoms with Gasteiger partial charge in [-0.2, -0.15) is 4.78 Å². The van der Waals surface area contributed by atoms with Crippen LogP contribution in [0.1, 0.15) is 52.0 Å². The van der Waals surface area contributed by atoms with Crippen LogP contribution in [0, 0.1) is 34.4 Å². The minimum atomic E-state index is -1.27. The van der Waals surface area contributed by atoms with Crippen LogP contribution in [0.15, 0.2) is 29.2 Å². The van der Waals surface area contributed by atoms with Crippen LogP contribution in [0.3, 0.4) is 0 Å². The maximum atomic E-state index is 6.75. The van der Waals surface area contributed by atoms with E-state index in [0.29, 0.717) is 23.7 Å². The van der Waals surface area contributed by atoms with Gasteiger partial charge in [-0.25, -0.2) is 9.78 Å². The normalized spacial score (nSPS) is 42.4. The van der Waals surface area contributed by atoms with E-state index in [-0.39, 0.29) is 12.4 Å². The average molecular weight is 471 g/mol. The van der Waals surface area contributed by atoms with Crippen LogP contribution in [-0.4, -0.2) is 44.2 Å². The number of rotatable bonds is 3. The van der Waals surface area contributed by atoms with Crippen molar-refractivity contribution in [3.8, 4) is 10.7 Å². The smallest absolute Gasteiger partial charge is 0.347 e. The lowest BCUT2D eigenvalue weighted by Gasteiger charge is -2.60. The molecule has 4 nitrogen and oxygen atoms in total. The lowest BCUT2D eigenvalue weighted by molar-refractivity contribution is -0.570. The zero-order valence-corrected chi connectivity index (χ0v) is 21.9. The molecule has 1 aliphatic carbocycles. The van der Waals surface area contributed by atoms with Crippen molar-refractivity contribution in [3.63, 3.8) is 0 Å². The molecule has 0 unspecified atom stereocenters. The number of ether oxygens (including phenoxy) is 2. The Balaban J connectivity index is 1.34. The molecular formula is C26H35AlO4S. The third kappa shape index (κ3) is 3.99. The second-order valence-corrected chi connectivity index (χ2v) is 14.0. The van der Waals surface area contributed by atoms with Crippen LogP contribution < -0.4 is 0 Å². The van der Waals surface area contributed by atoms with Gasteiger partial charge in [0.05, 0.1) is 6.10 Å². The largest absolute Gasteiger partial charge is 0.376 e. The standard InChI is InChI=1S/C16H25O4.C9H7S.CH3.Al/c1-9-5-6-13-10(2)11(3)17-14-16(13)12(9)7-8-15(4,18-14)19-20-16;1-3-8-4-6-9(10-2)7-5-8;;/h9-14H,3,5-8H2,1-2,4H3;4-7H,2H3;1H3;/t9-,10+,11+,12+,13+,14-,15+,16-;;;/m1.../s1. The van der Waals surface area contributed by atoms with Crippen molar-refractivity contribution >= 4 is 25.9 Å². The summed E-state index contributed by atoms with van der Waals surface area (Å²) in [5.74, 6) is 6.91. The molecule has 4 saturated heterocycles. The Morgan fingerprint density at radius 1 is 1.09 bits per heavy atom. The molecule has 0 amide bonds. The summed E-state index contributed by atoms with van der Waals surface area (Å²) >= 11 is 0.491. The molecule has 5 fully saturated rings. The predicted octanol–water partition coefficient (Wildman–Crippen LogP) is 5.67. The van der Waals surface area contributed by atoms with Crippen molar-refractivity contribution in [1.82, 2.24) is 0 Å². The molecule has 5 aliphatic rings. The average Bonchev–Trinajstić information content (AvgIpc) is 3.02. The second kappa shape index (κ2) is 8.94. The van der Waals surface area contributed by atoms with Gasteiger partial charge in [-0.1, -0.05) is 30.8 Å². The maximum absolute atomic E-state index is 6.75. The summed E-state index contributed by atoms with van der Waals surface area (Å²) in [5, 5.41) is 1.04. The van der Waals surface area contributed by atoms with Gasteiger partial charge in [0.1, 0.15) is 0 Å². The Labute approximate surface area is 201 Å². The number of hydrogen-bond donors (Lipinski definition) is 0. The van der Waals surface area contributed by atoms with E-state index < -0.39 is 25.5 Å². The SMILES string of the molecule is CSc1ccc(C#[C][Al]([CH3])[CH2][C@@H]2O[C@@H]3O[C@]4(C)CC[C@H]5[C@H](C)CC[C@@H]([C@H]2C)[C@@]35OO4)cc1. The summed E-state index contributed by atoms with van der Waals surface area (Å²) in [6.07, 6.45) is 6.28. The van der Waals surface area contributed by atoms with E-state index in [9.17, 15) is 0 Å². The first-order valence-electron chi connectivity index (χ1n) is 12.2. The van der Waals surface area contributed by atoms with Gasteiger partial charge in [-0.3, -0.25) is 0 Å². The topological polar surface area (TPSA) is 36.9 Å². The molecule has 8 atom stereocenters. The van der Waals surface area contributed by atoms with E-state index in [4.69, 9.17) is 19.2 Å². The number of fused-ring (bicyclic) bond motifs is 2. The van der Waals surface area contributed by atoms with E-state index in [1.165, 1.54) is 11.3 Å². The lowest BCUT2D eigenvalue weighted by atomic mass is 9.57. The van der Waals surface area contributed by atoms with Gasteiger partial charge in [0, 0.05) is 22.8 Å². The highest BCUT2D eigenvalue weighted by Crippen LogP contribution is 2.60. The van der Waals surface area contributed by atoms with Gasteiger partial charge in [0.2, 0.25) is 5.79 Å². The van der Waals surface area contributed by atoms with Crippen LogP contribution >= 0.6 is 11.8 Å². The second-order valence-electron chi connectivity index (χ2n) is 10.6. The molecule has 0 N–H and O–H groups in total. The van der Waals surface area contributed by atoms with E-state index in [0.717, 1.165) is 30.1 Å². The van der Waals surface area contributed by atoms with Gasteiger partial charge < -0.3 is 9.47 Å². The van der Waals surface area contributed by atoms with Gasteiger partial charge in [0.15, 0.2) is 11.9 Å². The van der Waals surface area contributed by atoms with Gasteiger partial charge in [-0.15, -0.1) is 11.8 Å². The van der Waals surface area contributed by atoms with E-state index in [2.05, 4.69) is 60.9 Å². The zero-order chi connectivity index (χ0) is 22.5. The monoisotopic (exact) mass is 470 g/mol. The van der Waals surface area contributed by atoms with Crippen LogP contribution in [-0.2, 0) is 19.2 Å². The Morgan fingerprint density at radius 2 is 1.88 bits per heavy atom. The highest BCUT2D eigenvalue weighted by Gasteiger charge is 2.69. The van der Waals surface area contributed by atoms with E-state index in [1.54, 1.807) is 11.8 Å². The Bertz CT molecular complexity index is 897. The summed E-state index contributed by atoms with van der Waals surface area (Å²) in [4.78, 5) is 17.1.